The van der Waals surface area contributed by atoms with E-state index in [2.05, 4.69) is 15.9 Å². The number of anilines is 1. The number of hydrogen-bond donors (Lipinski definition) is 1. The number of aryl methyl sites for hydroxylation is 1. The molecule has 0 radical (unpaired) electrons. The number of rotatable bonds is 2. The lowest BCUT2D eigenvalue weighted by Crippen LogP contribution is -2.02. The van der Waals surface area contributed by atoms with E-state index in [1.807, 2.05) is 31.2 Å². The average Bonchev–Trinajstić information content (AvgIpc) is 2.75. The topological polar surface area (TPSA) is 56.2 Å². The number of nitrogens with two attached hydrogens (primary N) is 1. The molecule has 0 saturated heterocycles. The number of hydrogen-bond acceptors (Lipinski definition) is 3. The largest absolute Gasteiger partial charge is 0.450 e. The van der Waals surface area contributed by atoms with Crippen LogP contribution >= 0.6 is 15.9 Å². The predicted molar refractivity (Wildman–Crippen MR) is 82.9 cm³/mol. The van der Waals surface area contributed by atoms with Crippen LogP contribution in [0.3, 0.4) is 0 Å². The normalized spacial score (nSPS) is 10.9. The number of fused-ring (bicyclic) bond motifs is 1. The van der Waals surface area contributed by atoms with E-state index in [1.165, 1.54) is 0 Å². The van der Waals surface area contributed by atoms with Gasteiger partial charge in [-0.05, 0) is 25.1 Å². The molecular formula is C16H12BrNO2. The molecule has 3 nitrogen and oxygen atoms in total. The first-order valence-corrected chi connectivity index (χ1v) is 6.94. The summed E-state index contributed by atoms with van der Waals surface area (Å²) < 4.78 is 6.50. The van der Waals surface area contributed by atoms with Gasteiger partial charge in [0, 0.05) is 15.4 Å². The molecular weight excluding hydrogens is 318 g/mol. The molecule has 3 aromatic rings. The predicted octanol–water partition coefficient (Wildman–Crippen LogP) is 4.32. The van der Waals surface area contributed by atoms with Gasteiger partial charge >= 0.3 is 0 Å². The number of carbonyl (C=O) groups excluding carboxylic acids is 1. The van der Waals surface area contributed by atoms with E-state index in [4.69, 9.17) is 10.2 Å². The average molecular weight is 330 g/mol. The molecule has 0 aliphatic heterocycles. The lowest BCUT2D eigenvalue weighted by atomic mass is 10.1. The van der Waals surface area contributed by atoms with Crippen molar-refractivity contribution in [2.75, 3.05) is 5.73 Å². The molecule has 4 heteroatoms. The summed E-state index contributed by atoms with van der Waals surface area (Å²) in [4.78, 5) is 12.4. The maximum Gasteiger partial charge on any atom is 0.230 e. The van der Waals surface area contributed by atoms with Gasteiger partial charge in [-0.15, -0.1) is 0 Å². The quantitative estimate of drug-likeness (QED) is 0.712. The molecule has 0 amide bonds. The van der Waals surface area contributed by atoms with Gasteiger partial charge in [-0.25, -0.2) is 0 Å². The van der Waals surface area contributed by atoms with Crippen molar-refractivity contribution in [2.24, 2.45) is 0 Å². The molecule has 2 aromatic carbocycles. The SMILES string of the molecule is Cc1ccc(C(=O)c2oc3cc(Br)ccc3c2N)cc1. The van der Waals surface area contributed by atoms with E-state index in [-0.39, 0.29) is 11.5 Å². The third-order valence-corrected chi connectivity index (χ3v) is 3.70. The third-order valence-electron chi connectivity index (χ3n) is 3.21. The standard InChI is InChI=1S/C16H12BrNO2/c1-9-2-4-10(5-3-9)15(19)16-14(18)12-7-6-11(17)8-13(12)20-16/h2-8H,18H2,1H3. The first-order chi connectivity index (χ1) is 9.56. The van der Waals surface area contributed by atoms with Crippen molar-refractivity contribution in [3.8, 4) is 0 Å². The van der Waals surface area contributed by atoms with Crippen LogP contribution in [-0.2, 0) is 0 Å². The minimum atomic E-state index is -0.199. The maximum absolute atomic E-state index is 12.4. The Kier molecular flexibility index (Phi) is 3.10. The summed E-state index contributed by atoms with van der Waals surface area (Å²) >= 11 is 3.37. The zero-order valence-corrected chi connectivity index (χ0v) is 12.4. The molecule has 0 bridgehead atoms. The molecule has 2 N–H and O–H groups in total. The lowest BCUT2D eigenvalue weighted by Gasteiger charge is -1.99. The minimum absolute atomic E-state index is 0.196. The molecule has 0 atom stereocenters. The second-order valence-electron chi connectivity index (χ2n) is 4.68. The van der Waals surface area contributed by atoms with Crippen LogP contribution in [-0.4, -0.2) is 5.78 Å². The zero-order valence-electron chi connectivity index (χ0n) is 10.8. The fraction of sp³-hybridized carbons (Fsp3) is 0.0625. The number of nitrogen functional groups attached to an aromatic ring is 1. The molecule has 0 fully saturated rings. The first kappa shape index (κ1) is 12.9. The molecule has 0 unspecified atom stereocenters. The second-order valence-corrected chi connectivity index (χ2v) is 5.60. The Morgan fingerprint density at radius 2 is 1.85 bits per heavy atom. The Morgan fingerprint density at radius 3 is 2.55 bits per heavy atom. The van der Waals surface area contributed by atoms with Crippen LogP contribution in [0.2, 0.25) is 0 Å². The van der Waals surface area contributed by atoms with E-state index in [0.29, 0.717) is 16.8 Å². The highest BCUT2D eigenvalue weighted by Crippen LogP contribution is 2.31. The fourth-order valence-electron chi connectivity index (χ4n) is 2.10. The van der Waals surface area contributed by atoms with Gasteiger partial charge in [-0.3, -0.25) is 4.79 Å². The van der Waals surface area contributed by atoms with Crippen molar-refractivity contribution < 1.29 is 9.21 Å². The van der Waals surface area contributed by atoms with Crippen molar-refractivity contribution >= 4 is 38.4 Å². The summed E-state index contributed by atoms with van der Waals surface area (Å²) in [7, 11) is 0. The third kappa shape index (κ3) is 2.12. The summed E-state index contributed by atoms with van der Waals surface area (Å²) in [5, 5.41) is 0.753. The van der Waals surface area contributed by atoms with Crippen LogP contribution in [0, 0.1) is 6.92 Å². The van der Waals surface area contributed by atoms with Crippen molar-refractivity contribution in [1.29, 1.82) is 0 Å². The first-order valence-electron chi connectivity index (χ1n) is 6.15. The summed E-state index contributed by atoms with van der Waals surface area (Å²) in [5.74, 6) is -0.00299. The van der Waals surface area contributed by atoms with Crippen molar-refractivity contribution in [3.05, 3.63) is 63.8 Å². The molecule has 0 aliphatic rings. The zero-order chi connectivity index (χ0) is 14.3. The van der Waals surface area contributed by atoms with Gasteiger partial charge in [-0.1, -0.05) is 45.8 Å². The highest BCUT2D eigenvalue weighted by Gasteiger charge is 2.19. The number of furan rings is 1. The Morgan fingerprint density at radius 1 is 1.15 bits per heavy atom. The summed E-state index contributed by atoms with van der Waals surface area (Å²) in [5.41, 5.74) is 8.69. The molecule has 3 rings (SSSR count). The molecule has 20 heavy (non-hydrogen) atoms. The monoisotopic (exact) mass is 329 g/mol. The molecule has 0 saturated carbocycles. The van der Waals surface area contributed by atoms with Crippen molar-refractivity contribution in [1.82, 2.24) is 0 Å². The summed E-state index contributed by atoms with van der Waals surface area (Å²) in [6.07, 6.45) is 0. The maximum atomic E-state index is 12.4. The van der Waals surface area contributed by atoms with E-state index in [9.17, 15) is 4.79 Å². The van der Waals surface area contributed by atoms with Crippen LogP contribution in [0.15, 0.2) is 51.4 Å². The molecule has 1 heterocycles. The number of halogens is 1. The Labute approximate surface area is 124 Å². The molecule has 0 aliphatic carbocycles. The van der Waals surface area contributed by atoms with E-state index in [0.717, 1.165) is 15.4 Å². The van der Waals surface area contributed by atoms with Gasteiger partial charge in [0.25, 0.3) is 0 Å². The highest BCUT2D eigenvalue weighted by molar-refractivity contribution is 9.10. The Bertz CT molecular complexity index is 803. The van der Waals surface area contributed by atoms with Gasteiger partial charge in [-0.2, -0.15) is 0 Å². The van der Waals surface area contributed by atoms with E-state index >= 15 is 0 Å². The van der Waals surface area contributed by atoms with Gasteiger partial charge in [0.15, 0.2) is 5.76 Å². The molecule has 1 aromatic heterocycles. The van der Waals surface area contributed by atoms with Crippen molar-refractivity contribution in [3.63, 3.8) is 0 Å². The highest BCUT2D eigenvalue weighted by atomic mass is 79.9. The van der Waals surface area contributed by atoms with Crippen LogP contribution in [0.1, 0.15) is 21.7 Å². The number of carbonyl (C=O) groups is 1. The summed E-state index contributed by atoms with van der Waals surface area (Å²) in [6.45, 7) is 1.97. The smallest absolute Gasteiger partial charge is 0.230 e. The second kappa shape index (κ2) is 4.80. The minimum Gasteiger partial charge on any atom is -0.450 e. The van der Waals surface area contributed by atoms with Gasteiger partial charge in [0.1, 0.15) is 5.58 Å². The Balaban J connectivity index is 2.12. The van der Waals surface area contributed by atoms with Crippen LogP contribution < -0.4 is 5.73 Å². The van der Waals surface area contributed by atoms with Crippen LogP contribution in [0.4, 0.5) is 5.69 Å². The number of benzene rings is 2. The van der Waals surface area contributed by atoms with Crippen LogP contribution in [0.5, 0.6) is 0 Å². The van der Waals surface area contributed by atoms with Gasteiger partial charge < -0.3 is 10.2 Å². The Hall–Kier alpha value is -2.07. The molecule has 100 valence electrons. The lowest BCUT2D eigenvalue weighted by molar-refractivity contribution is 0.101. The van der Waals surface area contributed by atoms with Gasteiger partial charge in [0.2, 0.25) is 5.78 Å². The van der Waals surface area contributed by atoms with Crippen molar-refractivity contribution in [2.45, 2.75) is 6.92 Å². The van der Waals surface area contributed by atoms with E-state index < -0.39 is 0 Å². The van der Waals surface area contributed by atoms with Gasteiger partial charge in [0.05, 0.1) is 5.69 Å². The summed E-state index contributed by atoms with van der Waals surface area (Å²) in [6, 6.07) is 12.8. The van der Waals surface area contributed by atoms with Crippen LogP contribution in [0.25, 0.3) is 11.0 Å². The molecule has 0 spiro atoms. The number of ketones is 1. The fourth-order valence-corrected chi connectivity index (χ4v) is 2.44. The van der Waals surface area contributed by atoms with E-state index in [1.54, 1.807) is 18.2 Å².